The predicted molar refractivity (Wildman–Crippen MR) is 77.2 cm³/mol. The smallest absolute Gasteiger partial charge is 0.133 e. The van der Waals surface area contributed by atoms with Gasteiger partial charge < -0.3 is 10.1 Å². The van der Waals surface area contributed by atoms with Crippen molar-refractivity contribution < 1.29 is 4.74 Å². The Morgan fingerprint density at radius 1 is 1.35 bits per heavy atom. The normalized spacial score (nSPS) is 10.2. The van der Waals surface area contributed by atoms with Crippen molar-refractivity contribution >= 4 is 33.0 Å². The lowest BCUT2D eigenvalue weighted by atomic mass is 10.2. The first kappa shape index (κ1) is 12.5. The standard InChI is InChI=1S/C13H14BrNOS/c1-16-13-3-2-11(8-12(13)14)15-6-4-10-5-7-17-9-10/h2-3,5,7-9,15H,4,6H2,1H3. The zero-order valence-electron chi connectivity index (χ0n) is 9.57. The molecule has 1 aromatic heterocycles. The maximum Gasteiger partial charge on any atom is 0.133 e. The molecule has 2 aromatic rings. The molecular formula is C13H14BrNOS. The van der Waals surface area contributed by atoms with Gasteiger partial charge in [-0.3, -0.25) is 0 Å². The SMILES string of the molecule is COc1ccc(NCCc2ccsc2)cc1Br. The number of rotatable bonds is 5. The highest BCUT2D eigenvalue weighted by Gasteiger charge is 2.01. The van der Waals surface area contributed by atoms with Gasteiger partial charge in [-0.25, -0.2) is 0 Å². The molecule has 0 unspecified atom stereocenters. The zero-order valence-corrected chi connectivity index (χ0v) is 12.0. The van der Waals surface area contributed by atoms with E-state index in [0.717, 1.165) is 28.9 Å². The van der Waals surface area contributed by atoms with Crippen LogP contribution in [0.15, 0.2) is 39.5 Å². The first-order valence-corrected chi connectivity index (χ1v) is 7.11. The molecule has 1 heterocycles. The summed E-state index contributed by atoms with van der Waals surface area (Å²) < 4.78 is 6.16. The average Bonchev–Trinajstić information content (AvgIpc) is 2.82. The van der Waals surface area contributed by atoms with Crippen molar-refractivity contribution in [2.24, 2.45) is 0 Å². The quantitative estimate of drug-likeness (QED) is 0.894. The van der Waals surface area contributed by atoms with Gasteiger partial charge in [0, 0.05) is 12.2 Å². The van der Waals surface area contributed by atoms with E-state index in [2.05, 4.69) is 38.1 Å². The van der Waals surface area contributed by atoms with Gasteiger partial charge in [-0.2, -0.15) is 11.3 Å². The summed E-state index contributed by atoms with van der Waals surface area (Å²) in [6, 6.07) is 8.18. The van der Waals surface area contributed by atoms with Gasteiger partial charge in [0.25, 0.3) is 0 Å². The molecule has 2 nitrogen and oxygen atoms in total. The number of methoxy groups -OCH3 is 1. The Bertz CT molecular complexity index is 470. The molecular weight excluding hydrogens is 298 g/mol. The van der Waals surface area contributed by atoms with Crippen molar-refractivity contribution in [3.8, 4) is 5.75 Å². The Labute approximate surface area is 114 Å². The van der Waals surface area contributed by atoms with Gasteiger partial charge >= 0.3 is 0 Å². The first-order valence-electron chi connectivity index (χ1n) is 5.38. The van der Waals surface area contributed by atoms with Crippen LogP contribution in [-0.2, 0) is 6.42 Å². The molecule has 0 bridgehead atoms. The number of hydrogen-bond acceptors (Lipinski definition) is 3. The van der Waals surface area contributed by atoms with E-state index in [1.165, 1.54) is 5.56 Å². The number of halogens is 1. The summed E-state index contributed by atoms with van der Waals surface area (Å²) in [6.07, 6.45) is 1.05. The van der Waals surface area contributed by atoms with Crippen LogP contribution >= 0.6 is 27.3 Å². The van der Waals surface area contributed by atoms with E-state index >= 15 is 0 Å². The highest BCUT2D eigenvalue weighted by Crippen LogP contribution is 2.27. The molecule has 0 fully saturated rings. The Morgan fingerprint density at radius 3 is 2.88 bits per heavy atom. The predicted octanol–water partition coefficient (Wildman–Crippen LogP) is 4.17. The van der Waals surface area contributed by atoms with Gasteiger partial charge in [-0.1, -0.05) is 0 Å². The minimum atomic E-state index is 0.855. The van der Waals surface area contributed by atoms with E-state index in [1.807, 2.05) is 18.2 Å². The van der Waals surface area contributed by atoms with Gasteiger partial charge in [0.15, 0.2) is 0 Å². The lowest BCUT2D eigenvalue weighted by Gasteiger charge is -2.08. The molecule has 0 amide bonds. The number of anilines is 1. The summed E-state index contributed by atoms with van der Waals surface area (Å²) in [5.74, 6) is 0.855. The van der Waals surface area contributed by atoms with Crippen LogP contribution in [0.5, 0.6) is 5.75 Å². The van der Waals surface area contributed by atoms with Crippen molar-refractivity contribution in [1.82, 2.24) is 0 Å². The number of benzene rings is 1. The molecule has 0 radical (unpaired) electrons. The largest absolute Gasteiger partial charge is 0.496 e. The molecule has 0 aliphatic carbocycles. The molecule has 17 heavy (non-hydrogen) atoms. The maximum absolute atomic E-state index is 5.19. The average molecular weight is 312 g/mol. The molecule has 0 aliphatic heterocycles. The summed E-state index contributed by atoms with van der Waals surface area (Å²) in [7, 11) is 1.67. The Kier molecular flexibility index (Phi) is 4.45. The van der Waals surface area contributed by atoms with E-state index < -0.39 is 0 Å². The van der Waals surface area contributed by atoms with Crippen LogP contribution in [0.3, 0.4) is 0 Å². The number of thiophene rings is 1. The van der Waals surface area contributed by atoms with Crippen molar-refractivity contribution in [2.75, 3.05) is 19.0 Å². The Morgan fingerprint density at radius 2 is 2.24 bits per heavy atom. The third-order valence-corrected chi connectivity index (χ3v) is 3.83. The van der Waals surface area contributed by atoms with Crippen LogP contribution in [-0.4, -0.2) is 13.7 Å². The van der Waals surface area contributed by atoms with Crippen LogP contribution in [0.1, 0.15) is 5.56 Å². The van der Waals surface area contributed by atoms with Gasteiger partial charge in [-0.15, -0.1) is 0 Å². The molecule has 1 aromatic carbocycles. The summed E-state index contributed by atoms with van der Waals surface area (Å²) in [4.78, 5) is 0. The van der Waals surface area contributed by atoms with Crippen molar-refractivity contribution in [1.29, 1.82) is 0 Å². The van der Waals surface area contributed by atoms with E-state index in [-0.39, 0.29) is 0 Å². The van der Waals surface area contributed by atoms with Crippen molar-refractivity contribution in [3.05, 3.63) is 45.1 Å². The highest BCUT2D eigenvalue weighted by atomic mass is 79.9. The van der Waals surface area contributed by atoms with Gasteiger partial charge in [-0.05, 0) is 62.9 Å². The molecule has 4 heteroatoms. The monoisotopic (exact) mass is 311 g/mol. The van der Waals surface area contributed by atoms with Crippen LogP contribution in [0.25, 0.3) is 0 Å². The van der Waals surface area contributed by atoms with Crippen molar-refractivity contribution in [3.63, 3.8) is 0 Å². The molecule has 1 N–H and O–H groups in total. The van der Waals surface area contributed by atoms with E-state index in [9.17, 15) is 0 Å². The van der Waals surface area contributed by atoms with Crippen molar-refractivity contribution in [2.45, 2.75) is 6.42 Å². The lowest BCUT2D eigenvalue weighted by molar-refractivity contribution is 0.412. The van der Waals surface area contributed by atoms with E-state index in [4.69, 9.17) is 4.74 Å². The molecule has 2 rings (SSSR count). The zero-order chi connectivity index (χ0) is 12.1. The maximum atomic E-state index is 5.19. The van der Waals surface area contributed by atoms with Crippen LogP contribution in [0, 0.1) is 0 Å². The third-order valence-electron chi connectivity index (χ3n) is 2.47. The fraction of sp³-hybridized carbons (Fsp3) is 0.231. The second kappa shape index (κ2) is 6.07. The number of hydrogen-bond donors (Lipinski definition) is 1. The number of nitrogens with one attached hydrogen (secondary N) is 1. The molecule has 0 saturated carbocycles. The van der Waals surface area contributed by atoms with E-state index in [0.29, 0.717) is 0 Å². The second-order valence-electron chi connectivity index (χ2n) is 3.66. The lowest BCUT2D eigenvalue weighted by Crippen LogP contribution is -2.04. The van der Waals surface area contributed by atoms with Crippen LogP contribution in [0.2, 0.25) is 0 Å². The minimum Gasteiger partial charge on any atom is -0.496 e. The fourth-order valence-electron chi connectivity index (χ4n) is 1.56. The number of ether oxygens (including phenoxy) is 1. The Hall–Kier alpha value is -1.00. The highest BCUT2D eigenvalue weighted by molar-refractivity contribution is 9.10. The molecule has 90 valence electrons. The second-order valence-corrected chi connectivity index (χ2v) is 5.29. The minimum absolute atomic E-state index is 0.855. The Balaban J connectivity index is 1.89. The molecule has 0 spiro atoms. The molecule has 0 atom stereocenters. The van der Waals surface area contributed by atoms with Gasteiger partial charge in [0.05, 0.1) is 11.6 Å². The molecule has 0 aliphatic rings. The summed E-state index contributed by atoms with van der Waals surface area (Å²) in [5, 5.41) is 7.69. The third kappa shape index (κ3) is 3.48. The summed E-state index contributed by atoms with van der Waals surface area (Å²) in [6.45, 7) is 0.940. The topological polar surface area (TPSA) is 21.3 Å². The summed E-state index contributed by atoms with van der Waals surface area (Å²) in [5.41, 5.74) is 2.49. The fourth-order valence-corrected chi connectivity index (χ4v) is 2.81. The van der Waals surface area contributed by atoms with Gasteiger partial charge in [0.1, 0.15) is 5.75 Å². The summed E-state index contributed by atoms with van der Waals surface area (Å²) >= 11 is 5.22. The van der Waals surface area contributed by atoms with E-state index in [1.54, 1.807) is 18.4 Å². The van der Waals surface area contributed by atoms with Crippen LogP contribution in [0.4, 0.5) is 5.69 Å². The van der Waals surface area contributed by atoms with Gasteiger partial charge in [0.2, 0.25) is 0 Å². The molecule has 0 saturated heterocycles. The van der Waals surface area contributed by atoms with Crippen LogP contribution < -0.4 is 10.1 Å². The first-order chi connectivity index (χ1) is 8.29.